The van der Waals surface area contributed by atoms with E-state index in [-0.39, 0.29) is 16.6 Å². The number of phenols is 1. The number of rotatable bonds is 13. The van der Waals surface area contributed by atoms with Gasteiger partial charge in [-0.15, -0.1) is 0 Å². The van der Waals surface area contributed by atoms with Crippen LogP contribution in [0.15, 0.2) is 217 Å². The van der Waals surface area contributed by atoms with Gasteiger partial charge in [-0.1, -0.05) is 253 Å². The maximum absolute atomic E-state index is 13.4. The summed E-state index contributed by atoms with van der Waals surface area (Å²) in [5.74, 6) is 1.74. The van der Waals surface area contributed by atoms with Crippen LogP contribution in [0.3, 0.4) is 0 Å². The van der Waals surface area contributed by atoms with Crippen molar-refractivity contribution in [3.63, 3.8) is 0 Å². The van der Waals surface area contributed by atoms with Crippen molar-refractivity contribution < 1.29 is 9.52 Å². The molecule has 0 bridgehead atoms. The smallest absolute Gasteiger partial charge is 0.159 e. The van der Waals surface area contributed by atoms with Gasteiger partial charge >= 0.3 is 0 Å². The van der Waals surface area contributed by atoms with Crippen molar-refractivity contribution in [2.24, 2.45) is 0 Å². The highest BCUT2D eigenvalue weighted by atomic mass is 16.3. The molecule has 13 aromatic rings. The summed E-state index contributed by atoms with van der Waals surface area (Å²) in [7, 11) is 0. The molecule has 2 fully saturated rings. The van der Waals surface area contributed by atoms with E-state index in [1.54, 1.807) is 0 Å². The molecule has 0 atom stereocenters. The van der Waals surface area contributed by atoms with Crippen molar-refractivity contribution in [1.29, 1.82) is 0 Å². The third-order valence-corrected chi connectivity index (χ3v) is 20.9. The SMILES string of the molecule is CC(C)c1ccccc1-c1cccc(-c2cccc(N(c3ccc(C(C)(C)C)cc3)c3cc(C4CCCC4)c4ccc5c(N(c6ccc(C(C)(C)C)cc6)c6cccc7c6oc6c(-c8ccccc8C(C)C)cccc67)cc(C6CCCC6)c6ccc3c4c65)c2O)c1. The Morgan fingerprint density at radius 2 is 0.783 bits per heavy atom. The van der Waals surface area contributed by atoms with E-state index in [1.807, 2.05) is 0 Å². The summed E-state index contributed by atoms with van der Waals surface area (Å²) in [5.41, 5.74) is 22.3. The molecule has 12 aromatic carbocycles. The summed E-state index contributed by atoms with van der Waals surface area (Å²) in [6, 6.07) is 79.7. The van der Waals surface area contributed by atoms with Gasteiger partial charge in [-0.25, -0.2) is 0 Å². The highest BCUT2D eigenvalue weighted by molar-refractivity contribution is 6.30. The van der Waals surface area contributed by atoms with Gasteiger partial charge in [0.05, 0.1) is 22.7 Å². The van der Waals surface area contributed by atoms with Gasteiger partial charge in [0, 0.05) is 44.0 Å². The number of aromatic hydroxyl groups is 1. The van der Waals surface area contributed by atoms with Crippen molar-refractivity contribution >= 4 is 88.4 Å². The van der Waals surface area contributed by atoms with Gasteiger partial charge < -0.3 is 19.3 Å². The molecule has 92 heavy (non-hydrogen) atoms. The van der Waals surface area contributed by atoms with Crippen LogP contribution in [0.2, 0.25) is 0 Å². The van der Waals surface area contributed by atoms with Crippen LogP contribution in [0.4, 0.5) is 34.1 Å². The topological polar surface area (TPSA) is 39.9 Å². The molecule has 1 N–H and O–H groups in total. The fourth-order valence-electron chi connectivity index (χ4n) is 16.1. The summed E-state index contributed by atoms with van der Waals surface area (Å²) < 4.78 is 7.50. The Hall–Kier alpha value is -9.12. The number of hydrogen-bond donors (Lipinski definition) is 1. The molecule has 4 nitrogen and oxygen atoms in total. The van der Waals surface area contributed by atoms with E-state index in [0.717, 1.165) is 104 Å². The van der Waals surface area contributed by atoms with Crippen molar-refractivity contribution in [1.82, 2.24) is 0 Å². The van der Waals surface area contributed by atoms with Crippen LogP contribution in [-0.2, 0) is 10.8 Å². The van der Waals surface area contributed by atoms with E-state index in [0.29, 0.717) is 23.7 Å². The number of para-hydroxylation sites is 3. The van der Waals surface area contributed by atoms with Gasteiger partial charge in [0.25, 0.3) is 0 Å². The monoisotopic (exact) mass is 1200 g/mol. The second kappa shape index (κ2) is 23.2. The van der Waals surface area contributed by atoms with Crippen LogP contribution in [-0.4, -0.2) is 5.11 Å². The number of fused-ring (bicyclic) bond motifs is 3. The lowest BCUT2D eigenvalue weighted by atomic mass is 9.82. The molecule has 0 saturated heterocycles. The lowest BCUT2D eigenvalue weighted by molar-refractivity contribution is 0.478. The molecule has 0 aliphatic heterocycles. The number of nitrogens with zero attached hydrogens (tertiary/aromatic N) is 2. The van der Waals surface area contributed by atoms with E-state index >= 15 is 0 Å². The van der Waals surface area contributed by atoms with Gasteiger partial charge in [-0.3, -0.25) is 0 Å². The van der Waals surface area contributed by atoms with E-state index in [1.165, 1.54) is 103 Å². The Bertz CT molecular complexity index is 4920. The highest BCUT2D eigenvalue weighted by Gasteiger charge is 2.33. The van der Waals surface area contributed by atoms with Crippen molar-refractivity contribution in [2.45, 2.75) is 155 Å². The lowest BCUT2D eigenvalue weighted by Gasteiger charge is -2.32. The van der Waals surface area contributed by atoms with Gasteiger partial charge in [0.1, 0.15) is 11.3 Å². The molecule has 0 radical (unpaired) electrons. The fraction of sp³-hybridized carbons (Fsp3) is 0.273. The summed E-state index contributed by atoms with van der Waals surface area (Å²) >= 11 is 0. The molecule has 2 aliphatic carbocycles. The average Bonchev–Trinajstić information content (AvgIpc) is 0.753. The summed E-state index contributed by atoms with van der Waals surface area (Å²) in [4.78, 5) is 4.94. The summed E-state index contributed by atoms with van der Waals surface area (Å²) in [6.45, 7) is 22.9. The minimum absolute atomic E-state index is 0.0338. The first-order valence-electron chi connectivity index (χ1n) is 34.1. The predicted octanol–water partition coefficient (Wildman–Crippen LogP) is 26.3. The zero-order valence-corrected chi connectivity index (χ0v) is 55.4. The third-order valence-electron chi connectivity index (χ3n) is 20.9. The molecular formula is C88H86N2O2. The minimum atomic E-state index is -0.0525. The van der Waals surface area contributed by atoms with Gasteiger partial charge in [0.15, 0.2) is 5.58 Å². The molecule has 0 amide bonds. The molecule has 4 heteroatoms. The molecule has 0 unspecified atom stereocenters. The molecule has 15 rings (SSSR count). The van der Waals surface area contributed by atoms with Crippen LogP contribution in [0.1, 0.15) is 178 Å². The van der Waals surface area contributed by atoms with Crippen LogP contribution >= 0.6 is 0 Å². The van der Waals surface area contributed by atoms with Crippen molar-refractivity contribution in [3.8, 4) is 39.1 Å². The van der Waals surface area contributed by atoms with E-state index in [4.69, 9.17) is 4.42 Å². The highest BCUT2D eigenvalue weighted by Crippen LogP contribution is 2.56. The average molecular weight is 1200 g/mol. The molecule has 1 aromatic heterocycles. The third kappa shape index (κ3) is 10.2. The van der Waals surface area contributed by atoms with Crippen LogP contribution in [0, 0.1) is 0 Å². The number of benzene rings is 12. The van der Waals surface area contributed by atoms with Gasteiger partial charge in [-0.05, 0) is 192 Å². The second-order valence-electron chi connectivity index (χ2n) is 29.4. The Balaban J connectivity index is 1.01. The van der Waals surface area contributed by atoms with E-state index in [2.05, 4.69) is 291 Å². The fourth-order valence-corrected chi connectivity index (χ4v) is 16.1. The van der Waals surface area contributed by atoms with Crippen molar-refractivity contribution in [2.75, 3.05) is 9.80 Å². The maximum atomic E-state index is 13.4. The summed E-state index contributed by atoms with van der Waals surface area (Å²) in [6.07, 6.45) is 9.46. The first-order chi connectivity index (χ1) is 44.5. The first kappa shape index (κ1) is 59.2. The number of furan rings is 1. The molecule has 2 aliphatic rings. The zero-order valence-electron chi connectivity index (χ0n) is 55.4. The number of anilines is 6. The van der Waals surface area contributed by atoms with Crippen LogP contribution < -0.4 is 9.80 Å². The second-order valence-corrected chi connectivity index (χ2v) is 29.4. The van der Waals surface area contributed by atoms with Gasteiger partial charge in [0.2, 0.25) is 0 Å². The van der Waals surface area contributed by atoms with Crippen molar-refractivity contribution in [3.05, 3.63) is 246 Å². The number of hydrogen-bond acceptors (Lipinski definition) is 4. The Kier molecular flexibility index (Phi) is 14.9. The molecule has 1 heterocycles. The Morgan fingerprint density at radius 3 is 1.32 bits per heavy atom. The molecule has 0 spiro atoms. The Morgan fingerprint density at radius 1 is 0.370 bits per heavy atom. The largest absolute Gasteiger partial charge is 0.505 e. The molecular weight excluding hydrogens is 1120 g/mol. The predicted molar refractivity (Wildman–Crippen MR) is 393 cm³/mol. The van der Waals surface area contributed by atoms with Crippen LogP contribution in [0.5, 0.6) is 5.75 Å². The lowest BCUT2D eigenvalue weighted by Crippen LogP contribution is -2.15. The normalized spacial score (nSPS) is 14.4. The van der Waals surface area contributed by atoms with E-state index in [9.17, 15) is 5.11 Å². The Labute approximate surface area is 544 Å². The van der Waals surface area contributed by atoms with Gasteiger partial charge in [-0.2, -0.15) is 0 Å². The molecule has 2 saturated carbocycles. The quantitative estimate of drug-likeness (QED) is 0.117. The minimum Gasteiger partial charge on any atom is -0.505 e. The molecule has 460 valence electrons. The summed E-state index contributed by atoms with van der Waals surface area (Å²) in [5, 5.41) is 23.2. The van der Waals surface area contributed by atoms with E-state index < -0.39 is 0 Å². The van der Waals surface area contributed by atoms with Crippen LogP contribution in [0.25, 0.3) is 87.6 Å². The first-order valence-corrected chi connectivity index (χ1v) is 34.1. The number of phenolic OH excluding ortho intramolecular Hbond substituents is 1. The zero-order chi connectivity index (χ0) is 63.3. The maximum Gasteiger partial charge on any atom is 0.159 e. The standard InChI is InChI=1S/C88H86N2O2/c1-54(2)64-29-15-17-31-66(64)58-27-19-28-59(51-58)67-33-21-37-78(84(67)91)89(62-43-39-60(40-44-62)87(5,6)7)80-52-76(56-23-11-12-24-56)69-48-50-75-81(53-77(57-25-13-14-26-57)70-47-49-74(80)82(69)83(70)75)90(63-45-41-61(42-46-63)88(8,9)10)79-38-22-36-73-72-35-20-34-71(85(72)92-86(73)79)68-32-18-16-30-65(68)55(3)4/h15-22,27-57,91H,11-14,23-26H2,1-10H3.